The highest BCUT2D eigenvalue weighted by molar-refractivity contribution is 5.66. The maximum absolute atomic E-state index is 12.5. The van der Waals surface area contributed by atoms with Crippen LogP contribution in [0.4, 0.5) is 0 Å². The Kier molecular flexibility index (Phi) is 7.94. The minimum absolute atomic E-state index is 0.257. The van der Waals surface area contributed by atoms with Crippen LogP contribution < -0.4 is 11.2 Å². The van der Waals surface area contributed by atoms with E-state index in [-0.39, 0.29) is 5.56 Å². The van der Waals surface area contributed by atoms with E-state index in [0.717, 1.165) is 17.4 Å². The predicted molar refractivity (Wildman–Crippen MR) is 110 cm³/mol. The lowest BCUT2D eigenvalue weighted by Gasteiger charge is -2.33. The Labute approximate surface area is 175 Å². The molecule has 0 amide bonds. The van der Waals surface area contributed by atoms with Crippen molar-refractivity contribution in [1.29, 1.82) is 0 Å². The van der Waals surface area contributed by atoms with Gasteiger partial charge in [0.05, 0.1) is 6.10 Å². The molecule has 1 aliphatic rings. The third-order valence-corrected chi connectivity index (χ3v) is 5.06. The second-order valence-electron chi connectivity index (χ2n) is 7.33. The van der Waals surface area contributed by atoms with Crippen molar-refractivity contribution in [2.45, 2.75) is 70.2 Å². The number of nitrogens with zero attached hydrogens (tertiary/aromatic N) is 1. The molecule has 2 rings (SSSR count). The van der Waals surface area contributed by atoms with E-state index in [0.29, 0.717) is 13.0 Å². The van der Waals surface area contributed by atoms with Crippen LogP contribution in [0.2, 0.25) is 0 Å². The first kappa shape index (κ1) is 23.8. The van der Waals surface area contributed by atoms with Gasteiger partial charge >= 0.3 is 11.7 Å². The van der Waals surface area contributed by atoms with Crippen molar-refractivity contribution in [1.82, 2.24) is 9.55 Å². The van der Waals surface area contributed by atoms with E-state index in [2.05, 4.69) is 18.1 Å². The topological polar surface area (TPSA) is 120 Å². The molecule has 1 saturated heterocycles. The Bertz CT molecular complexity index is 890. The lowest BCUT2D eigenvalue weighted by molar-refractivity contribution is -0.160. The third-order valence-electron chi connectivity index (χ3n) is 5.06. The molecule has 0 aromatic carbocycles. The van der Waals surface area contributed by atoms with Crippen molar-refractivity contribution >= 4 is 5.97 Å². The highest BCUT2D eigenvalue weighted by Crippen LogP contribution is 2.42. The van der Waals surface area contributed by atoms with Crippen molar-refractivity contribution in [2.75, 3.05) is 6.61 Å². The molecule has 1 fully saturated rings. The summed E-state index contributed by atoms with van der Waals surface area (Å²) < 4.78 is 18.5. The van der Waals surface area contributed by atoms with Gasteiger partial charge in [0.2, 0.25) is 0 Å². The van der Waals surface area contributed by atoms with Crippen molar-refractivity contribution in [3.8, 4) is 0 Å². The summed E-state index contributed by atoms with van der Waals surface area (Å²) in [6, 6.07) is 0. The molecule has 0 radical (unpaired) electrons. The van der Waals surface area contributed by atoms with Gasteiger partial charge < -0.3 is 19.3 Å². The monoisotopic (exact) mass is 422 g/mol. The van der Waals surface area contributed by atoms with E-state index in [1.54, 1.807) is 6.08 Å². The molecule has 0 unspecified atom stereocenters. The van der Waals surface area contributed by atoms with Crippen molar-refractivity contribution in [2.24, 2.45) is 0 Å². The number of esters is 1. The molecule has 0 bridgehead atoms. The van der Waals surface area contributed by atoms with Crippen LogP contribution in [0.15, 0.2) is 41.1 Å². The molecule has 1 aliphatic heterocycles. The van der Waals surface area contributed by atoms with E-state index in [9.17, 15) is 19.5 Å². The lowest BCUT2D eigenvalue weighted by atomic mass is 9.87. The summed E-state index contributed by atoms with van der Waals surface area (Å²) in [4.78, 5) is 38.2. The first-order chi connectivity index (χ1) is 14.2. The Balaban J connectivity index is 2.54. The largest absolute Gasteiger partial charge is 0.454 e. The van der Waals surface area contributed by atoms with Gasteiger partial charge in [-0.05, 0) is 19.8 Å². The molecule has 2 heterocycles. The number of hydrogen-bond acceptors (Lipinski definition) is 7. The minimum atomic E-state index is -1.85. The number of rotatable bonds is 10. The van der Waals surface area contributed by atoms with Gasteiger partial charge in [0.25, 0.3) is 5.56 Å². The number of unbranched alkanes of at least 4 members (excludes halogenated alkanes) is 1. The SMILES string of the molecule is C=CC[C@@H](OCCCC)[C@@H]1O[C@@H](n2cc(C)c(=O)[nH]c2=O)[C@H](OC(C)=O)[C@@]1(O)C=C. The van der Waals surface area contributed by atoms with E-state index in [1.807, 2.05) is 6.92 Å². The Morgan fingerprint density at radius 1 is 1.47 bits per heavy atom. The summed E-state index contributed by atoms with van der Waals surface area (Å²) >= 11 is 0. The number of aromatic nitrogens is 2. The summed E-state index contributed by atoms with van der Waals surface area (Å²) in [7, 11) is 0. The summed E-state index contributed by atoms with van der Waals surface area (Å²) in [5.74, 6) is -0.670. The standard InChI is InChI=1S/C21H30N2O7/c1-6-9-11-28-15(10-7-2)16-21(27,8-3)17(29-14(5)24)19(30-16)23-12-13(4)18(25)22-20(23)26/h7-8,12,15-17,19,27H,2-3,6,9-11H2,1,4-5H3,(H,22,25,26)/t15-,16+,17+,19-,21-/m1/s1. The fraction of sp³-hybridized carbons (Fsp3) is 0.571. The first-order valence-electron chi connectivity index (χ1n) is 9.92. The van der Waals surface area contributed by atoms with E-state index in [4.69, 9.17) is 14.2 Å². The zero-order valence-electron chi connectivity index (χ0n) is 17.6. The van der Waals surface area contributed by atoms with Crippen molar-refractivity contribution < 1.29 is 24.1 Å². The zero-order chi connectivity index (χ0) is 22.5. The van der Waals surface area contributed by atoms with Crippen LogP contribution in [0.3, 0.4) is 0 Å². The van der Waals surface area contributed by atoms with Crippen LogP contribution in [0.5, 0.6) is 0 Å². The van der Waals surface area contributed by atoms with Gasteiger partial charge in [-0.15, -0.1) is 6.58 Å². The van der Waals surface area contributed by atoms with E-state index >= 15 is 0 Å². The number of carbonyl (C=O) groups excluding carboxylic acids is 1. The van der Waals surface area contributed by atoms with Gasteiger partial charge in [-0.2, -0.15) is 0 Å². The molecular weight excluding hydrogens is 392 g/mol. The van der Waals surface area contributed by atoms with E-state index in [1.165, 1.54) is 26.1 Å². The molecule has 0 saturated carbocycles. The number of hydrogen-bond donors (Lipinski definition) is 2. The maximum atomic E-state index is 12.5. The highest BCUT2D eigenvalue weighted by atomic mass is 16.6. The van der Waals surface area contributed by atoms with Gasteiger partial charge in [0.15, 0.2) is 17.9 Å². The summed E-state index contributed by atoms with van der Waals surface area (Å²) in [6.45, 7) is 12.6. The number of H-pyrrole nitrogens is 1. The van der Waals surface area contributed by atoms with Crippen LogP contribution in [0.25, 0.3) is 0 Å². The fourth-order valence-electron chi connectivity index (χ4n) is 3.48. The van der Waals surface area contributed by atoms with Crippen molar-refractivity contribution in [3.63, 3.8) is 0 Å². The number of aliphatic hydroxyl groups is 1. The second kappa shape index (κ2) is 10.0. The summed E-state index contributed by atoms with van der Waals surface area (Å²) in [6.07, 6.45) is 2.12. The number of nitrogens with one attached hydrogen (secondary N) is 1. The molecule has 0 spiro atoms. The minimum Gasteiger partial charge on any atom is -0.454 e. The first-order valence-corrected chi connectivity index (χ1v) is 9.92. The zero-order valence-corrected chi connectivity index (χ0v) is 17.6. The summed E-state index contributed by atoms with van der Waals surface area (Å²) in [5, 5.41) is 11.4. The van der Waals surface area contributed by atoms with Gasteiger partial charge in [-0.3, -0.25) is 19.1 Å². The maximum Gasteiger partial charge on any atom is 0.330 e. The van der Waals surface area contributed by atoms with Gasteiger partial charge in [-0.1, -0.05) is 32.1 Å². The predicted octanol–water partition coefficient (Wildman–Crippen LogP) is 1.35. The van der Waals surface area contributed by atoms with Crippen LogP contribution in [-0.2, 0) is 19.0 Å². The molecule has 9 heteroatoms. The van der Waals surface area contributed by atoms with Crippen LogP contribution >= 0.6 is 0 Å². The second-order valence-corrected chi connectivity index (χ2v) is 7.33. The third kappa shape index (κ3) is 4.80. The number of ether oxygens (including phenoxy) is 3. The quantitative estimate of drug-likeness (QED) is 0.332. The normalized spacial score (nSPS) is 26.9. The van der Waals surface area contributed by atoms with Crippen LogP contribution in [0, 0.1) is 6.92 Å². The number of aryl methyl sites for hydroxylation is 1. The van der Waals surface area contributed by atoms with Gasteiger partial charge in [0.1, 0.15) is 6.10 Å². The lowest BCUT2D eigenvalue weighted by Crippen LogP contribution is -2.52. The van der Waals surface area contributed by atoms with Crippen molar-refractivity contribution in [3.05, 3.63) is 57.9 Å². The van der Waals surface area contributed by atoms with Gasteiger partial charge in [-0.25, -0.2) is 4.79 Å². The Morgan fingerprint density at radius 3 is 2.73 bits per heavy atom. The molecule has 9 nitrogen and oxygen atoms in total. The molecule has 166 valence electrons. The molecule has 1 aromatic heterocycles. The molecule has 30 heavy (non-hydrogen) atoms. The average molecular weight is 422 g/mol. The molecule has 5 atom stereocenters. The molecular formula is C21H30N2O7. The smallest absolute Gasteiger partial charge is 0.330 e. The Hall–Kier alpha value is -2.49. The van der Waals surface area contributed by atoms with E-state index < -0.39 is 47.4 Å². The summed E-state index contributed by atoms with van der Waals surface area (Å²) in [5.41, 5.74) is -2.89. The molecule has 1 aromatic rings. The van der Waals surface area contributed by atoms with Gasteiger partial charge in [0, 0.05) is 25.3 Å². The number of carbonyl (C=O) groups is 1. The Morgan fingerprint density at radius 2 is 2.17 bits per heavy atom. The molecule has 2 N–H and O–H groups in total. The average Bonchev–Trinajstić information content (AvgIpc) is 2.97. The van der Waals surface area contributed by atoms with Crippen LogP contribution in [-0.4, -0.2) is 51.1 Å². The highest BCUT2D eigenvalue weighted by Gasteiger charge is 2.59. The molecule has 0 aliphatic carbocycles. The fourth-order valence-corrected chi connectivity index (χ4v) is 3.48. The van der Waals surface area contributed by atoms with Crippen LogP contribution in [0.1, 0.15) is 44.9 Å². The number of aromatic amines is 1.